The third-order valence-corrected chi connectivity index (χ3v) is 7.05. The molecule has 2 aliphatic carbocycles. The Hall–Kier alpha value is -1.49. The van der Waals surface area contributed by atoms with Crippen molar-refractivity contribution in [3.05, 3.63) is 36.2 Å². The molecule has 30 heavy (non-hydrogen) atoms. The standard InChI is InChI=1S/C25H35F3O2/c1-3-18-7-14-23(17-24(18)26)30-16-15-25(27,28)21-10-5-19(6-11-21)20-8-12-22(13-9-20)29-4-2/h3,7,14,17,19-22H,1,4-6,8-13,15-16H2,2H3. The van der Waals surface area contributed by atoms with Crippen LogP contribution in [0.15, 0.2) is 24.8 Å². The van der Waals surface area contributed by atoms with E-state index >= 15 is 0 Å². The smallest absolute Gasteiger partial charge is 0.254 e. The van der Waals surface area contributed by atoms with Gasteiger partial charge in [0.2, 0.25) is 0 Å². The molecular weight excluding hydrogens is 389 g/mol. The molecule has 1 aromatic carbocycles. The lowest BCUT2D eigenvalue weighted by atomic mass is 9.69. The molecule has 0 heterocycles. The number of halogens is 3. The van der Waals surface area contributed by atoms with E-state index < -0.39 is 17.7 Å². The summed E-state index contributed by atoms with van der Waals surface area (Å²) in [5.74, 6) is -2.23. The summed E-state index contributed by atoms with van der Waals surface area (Å²) in [5.41, 5.74) is 0.371. The summed E-state index contributed by atoms with van der Waals surface area (Å²) in [6, 6.07) is 4.35. The van der Waals surface area contributed by atoms with Crippen LogP contribution in [0, 0.1) is 23.6 Å². The SMILES string of the molecule is C=Cc1ccc(OCCC(F)(F)C2CCC(C3CCC(OCC)CC3)CC2)cc1F. The Kier molecular flexibility index (Phi) is 8.27. The number of alkyl halides is 2. The first-order valence-electron chi connectivity index (χ1n) is 11.5. The molecule has 0 aromatic heterocycles. The molecule has 2 saturated carbocycles. The van der Waals surface area contributed by atoms with Gasteiger partial charge in [-0.2, -0.15) is 0 Å². The quantitative estimate of drug-likeness (QED) is 0.415. The highest BCUT2D eigenvalue weighted by molar-refractivity contribution is 5.49. The molecule has 0 spiro atoms. The molecule has 0 radical (unpaired) electrons. The van der Waals surface area contributed by atoms with Gasteiger partial charge in [0.1, 0.15) is 11.6 Å². The van der Waals surface area contributed by atoms with Crippen molar-refractivity contribution in [2.24, 2.45) is 17.8 Å². The summed E-state index contributed by atoms with van der Waals surface area (Å²) in [5, 5.41) is 0. The van der Waals surface area contributed by atoms with Crippen molar-refractivity contribution in [3.8, 4) is 5.75 Å². The van der Waals surface area contributed by atoms with Gasteiger partial charge in [-0.3, -0.25) is 0 Å². The molecule has 0 atom stereocenters. The van der Waals surface area contributed by atoms with Crippen LogP contribution in [-0.2, 0) is 4.74 Å². The van der Waals surface area contributed by atoms with E-state index in [9.17, 15) is 13.2 Å². The van der Waals surface area contributed by atoms with Crippen LogP contribution in [0.25, 0.3) is 6.08 Å². The maximum atomic E-state index is 14.7. The lowest BCUT2D eigenvalue weighted by molar-refractivity contribution is -0.0914. The van der Waals surface area contributed by atoms with Gasteiger partial charge in [-0.1, -0.05) is 12.7 Å². The third kappa shape index (κ3) is 6.03. The van der Waals surface area contributed by atoms with Crippen molar-refractivity contribution in [1.82, 2.24) is 0 Å². The van der Waals surface area contributed by atoms with Crippen molar-refractivity contribution < 1.29 is 22.6 Å². The number of rotatable bonds is 9. The first kappa shape index (κ1) is 23.2. The van der Waals surface area contributed by atoms with Crippen LogP contribution in [0.4, 0.5) is 13.2 Å². The minimum absolute atomic E-state index is 0.110. The van der Waals surface area contributed by atoms with Crippen LogP contribution < -0.4 is 4.74 Å². The van der Waals surface area contributed by atoms with Gasteiger partial charge < -0.3 is 9.47 Å². The van der Waals surface area contributed by atoms with Crippen molar-refractivity contribution in [2.75, 3.05) is 13.2 Å². The Morgan fingerprint density at radius 2 is 1.67 bits per heavy atom. The molecule has 0 N–H and O–H groups in total. The van der Waals surface area contributed by atoms with E-state index in [-0.39, 0.29) is 18.8 Å². The van der Waals surface area contributed by atoms with E-state index in [0.717, 1.165) is 32.3 Å². The second-order valence-corrected chi connectivity index (χ2v) is 8.85. The van der Waals surface area contributed by atoms with Gasteiger partial charge >= 0.3 is 0 Å². The fourth-order valence-corrected chi connectivity index (χ4v) is 5.25. The van der Waals surface area contributed by atoms with Gasteiger partial charge in [0.15, 0.2) is 0 Å². The zero-order valence-corrected chi connectivity index (χ0v) is 18.1. The van der Waals surface area contributed by atoms with Crippen LogP contribution >= 0.6 is 0 Å². The summed E-state index contributed by atoms with van der Waals surface area (Å²) in [4.78, 5) is 0. The van der Waals surface area contributed by atoms with Gasteiger partial charge in [-0.15, -0.1) is 0 Å². The molecule has 2 nitrogen and oxygen atoms in total. The summed E-state index contributed by atoms with van der Waals surface area (Å²) < 4.78 is 54.3. The Balaban J connectivity index is 1.41. The van der Waals surface area contributed by atoms with E-state index in [1.807, 2.05) is 6.92 Å². The zero-order chi connectivity index (χ0) is 21.6. The number of benzene rings is 1. The van der Waals surface area contributed by atoms with E-state index in [2.05, 4.69) is 6.58 Å². The second-order valence-electron chi connectivity index (χ2n) is 8.85. The van der Waals surface area contributed by atoms with Gasteiger partial charge in [0.25, 0.3) is 5.92 Å². The Labute approximate surface area is 178 Å². The summed E-state index contributed by atoms with van der Waals surface area (Å²) in [7, 11) is 0. The van der Waals surface area contributed by atoms with Gasteiger partial charge in [-0.25, -0.2) is 13.2 Å². The van der Waals surface area contributed by atoms with Gasteiger partial charge in [0, 0.05) is 30.6 Å². The van der Waals surface area contributed by atoms with Crippen molar-refractivity contribution in [1.29, 1.82) is 0 Å². The molecule has 0 amide bonds. The lowest BCUT2D eigenvalue weighted by Crippen LogP contribution is -2.35. The molecule has 0 aliphatic heterocycles. The number of hydrogen-bond donors (Lipinski definition) is 0. The van der Waals surface area contributed by atoms with Gasteiger partial charge in [0.05, 0.1) is 12.7 Å². The Morgan fingerprint density at radius 3 is 2.23 bits per heavy atom. The highest BCUT2D eigenvalue weighted by atomic mass is 19.3. The zero-order valence-electron chi connectivity index (χ0n) is 18.1. The molecule has 0 saturated heterocycles. The monoisotopic (exact) mass is 424 g/mol. The van der Waals surface area contributed by atoms with Crippen LogP contribution in [0.3, 0.4) is 0 Å². The minimum Gasteiger partial charge on any atom is -0.493 e. The van der Waals surface area contributed by atoms with Crippen LogP contribution in [0.5, 0.6) is 5.75 Å². The highest BCUT2D eigenvalue weighted by Crippen LogP contribution is 2.45. The maximum absolute atomic E-state index is 14.7. The lowest BCUT2D eigenvalue weighted by Gasteiger charge is -2.39. The molecular formula is C25H35F3O2. The maximum Gasteiger partial charge on any atom is 0.254 e. The van der Waals surface area contributed by atoms with Gasteiger partial charge in [-0.05, 0) is 82.3 Å². The molecule has 0 bridgehead atoms. The fourth-order valence-electron chi connectivity index (χ4n) is 5.25. The Bertz CT molecular complexity index is 675. The van der Waals surface area contributed by atoms with Crippen LogP contribution in [0.1, 0.15) is 70.3 Å². The normalized spacial score (nSPS) is 27.6. The average molecular weight is 425 g/mol. The fraction of sp³-hybridized carbons (Fsp3) is 0.680. The number of ether oxygens (including phenoxy) is 2. The van der Waals surface area contributed by atoms with Crippen LogP contribution in [-0.4, -0.2) is 25.2 Å². The molecule has 1 aromatic rings. The van der Waals surface area contributed by atoms with Crippen LogP contribution in [0.2, 0.25) is 0 Å². The second kappa shape index (κ2) is 10.7. The van der Waals surface area contributed by atoms with E-state index in [1.165, 1.54) is 25.0 Å². The molecule has 168 valence electrons. The van der Waals surface area contributed by atoms with Crippen molar-refractivity contribution in [2.45, 2.75) is 76.7 Å². The van der Waals surface area contributed by atoms with Crippen molar-refractivity contribution in [3.63, 3.8) is 0 Å². The summed E-state index contributed by atoms with van der Waals surface area (Å²) in [6.45, 7) is 6.23. The van der Waals surface area contributed by atoms with E-state index in [4.69, 9.17) is 9.47 Å². The van der Waals surface area contributed by atoms with E-state index in [1.54, 1.807) is 12.1 Å². The molecule has 0 unspecified atom stereocenters. The summed E-state index contributed by atoms with van der Waals surface area (Å²) in [6.07, 6.45) is 9.03. The highest BCUT2D eigenvalue weighted by Gasteiger charge is 2.42. The Morgan fingerprint density at radius 1 is 1.03 bits per heavy atom. The molecule has 3 rings (SSSR count). The molecule has 2 fully saturated rings. The predicted octanol–water partition coefficient (Wildman–Crippen LogP) is 7.27. The number of hydrogen-bond acceptors (Lipinski definition) is 2. The summed E-state index contributed by atoms with van der Waals surface area (Å²) >= 11 is 0. The first-order chi connectivity index (χ1) is 14.4. The molecule has 5 heteroatoms. The first-order valence-corrected chi connectivity index (χ1v) is 11.5. The predicted molar refractivity (Wildman–Crippen MR) is 114 cm³/mol. The largest absolute Gasteiger partial charge is 0.493 e. The third-order valence-electron chi connectivity index (χ3n) is 7.05. The van der Waals surface area contributed by atoms with E-state index in [0.29, 0.717) is 36.3 Å². The minimum atomic E-state index is -2.74. The molecule has 2 aliphatic rings. The van der Waals surface area contributed by atoms with Crippen molar-refractivity contribution >= 4 is 6.08 Å². The average Bonchev–Trinajstić information content (AvgIpc) is 2.75. The topological polar surface area (TPSA) is 18.5 Å².